The molecule has 1 N–H and O–H groups in total. The van der Waals surface area contributed by atoms with Gasteiger partial charge in [-0.05, 0) is 80.4 Å². The molecule has 2 aromatic heterocycles. The smallest absolute Gasteiger partial charge is 0.255 e. The Morgan fingerprint density at radius 1 is 0.959 bits per heavy atom. The zero-order valence-electron chi connectivity index (χ0n) is 27.2. The summed E-state index contributed by atoms with van der Waals surface area (Å²) in [5.41, 5.74) is 0.487. The summed E-state index contributed by atoms with van der Waals surface area (Å²) < 4.78 is 88.7. The van der Waals surface area contributed by atoms with Crippen molar-refractivity contribution in [3.8, 4) is 39.7 Å². The van der Waals surface area contributed by atoms with Crippen LogP contribution in [0.15, 0.2) is 81.6 Å². The molecule has 0 atom stereocenters. The molecular weight excluding hydrogens is 659 g/mol. The van der Waals surface area contributed by atoms with Crippen LogP contribution in [0.5, 0.6) is 5.75 Å². The van der Waals surface area contributed by atoms with Gasteiger partial charge in [-0.1, -0.05) is 12.1 Å². The fourth-order valence-electron chi connectivity index (χ4n) is 5.63. The average Bonchev–Trinajstić information content (AvgIpc) is 3.65. The number of para-hydroxylation sites is 1. The Bertz CT molecular complexity index is 2330. The SMILES string of the molecule is CNC(=O)c1c(-c2ccc(F)cc2)oc2cc(N(CCC(C)(C)F)S(C)(=O)=O)c(-c3ccc(OC)c(-c4nc5c(F)cccc5o4)c3)cc12. The molecule has 0 unspecified atom stereocenters. The van der Waals surface area contributed by atoms with Gasteiger partial charge in [0, 0.05) is 36.2 Å². The maximum absolute atomic E-state index is 14.8. The number of aromatic nitrogens is 1. The first kappa shape index (κ1) is 33.6. The summed E-state index contributed by atoms with van der Waals surface area (Å²) in [7, 11) is -1.11. The van der Waals surface area contributed by atoms with Crippen molar-refractivity contribution < 1.29 is 40.0 Å². The van der Waals surface area contributed by atoms with E-state index in [-0.39, 0.29) is 52.6 Å². The van der Waals surface area contributed by atoms with Crippen LogP contribution in [-0.4, -0.2) is 51.9 Å². The second-order valence-electron chi connectivity index (χ2n) is 12.1. The first-order chi connectivity index (χ1) is 23.2. The molecule has 9 nitrogen and oxygen atoms in total. The summed E-state index contributed by atoms with van der Waals surface area (Å²) in [5, 5.41) is 2.94. The highest BCUT2D eigenvalue weighted by molar-refractivity contribution is 7.92. The van der Waals surface area contributed by atoms with Crippen molar-refractivity contribution in [2.24, 2.45) is 0 Å². The number of carbonyl (C=O) groups excluding carboxylic acids is 1. The van der Waals surface area contributed by atoms with Crippen LogP contribution in [0.25, 0.3) is 56.0 Å². The maximum atomic E-state index is 14.8. The Balaban J connectivity index is 1.66. The number of benzene rings is 4. The van der Waals surface area contributed by atoms with Crippen LogP contribution < -0.4 is 14.4 Å². The van der Waals surface area contributed by atoms with E-state index in [9.17, 15) is 26.4 Å². The van der Waals surface area contributed by atoms with Crippen molar-refractivity contribution in [1.29, 1.82) is 0 Å². The lowest BCUT2D eigenvalue weighted by Gasteiger charge is -2.27. The number of methoxy groups -OCH3 is 1. The minimum absolute atomic E-state index is 0.0195. The normalized spacial score (nSPS) is 12.1. The number of nitrogens with zero attached hydrogens (tertiary/aromatic N) is 2. The Morgan fingerprint density at radius 2 is 1.67 bits per heavy atom. The van der Waals surface area contributed by atoms with Crippen molar-refractivity contribution in [3.63, 3.8) is 0 Å². The molecule has 254 valence electrons. The predicted molar refractivity (Wildman–Crippen MR) is 182 cm³/mol. The number of ether oxygens (including phenoxy) is 1. The zero-order chi connectivity index (χ0) is 35.2. The van der Waals surface area contributed by atoms with Crippen molar-refractivity contribution in [1.82, 2.24) is 10.3 Å². The highest BCUT2D eigenvalue weighted by Crippen LogP contribution is 2.44. The molecule has 0 saturated carbocycles. The van der Waals surface area contributed by atoms with Gasteiger partial charge in [-0.2, -0.15) is 0 Å². The summed E-state index contributed by atoms with van der Waals surface area (Å²) in [6, 6.07) is 17.8. The van der Waals surface area contributed by atoms with E-state index in [0.29, 0.717) is 33.4 Å². The van der Waals surface area contributed by atoms with Crippen LogP contribution in [0.2, 0.25) is 0 Å². The van der Waals surface area contributed by atoms with Crippen LogP contribution in [0, 0.1) is 11.6 Å². The molecule has 0 radical (unpaired) electrons. The molecule has 6 rings (SSSR count). The van der Waals surface area contributed by atoms with E-state index < -0.39 is 33.2 Å². The molecule has 2 heterocycles. The maximum Gasteiger partial charge on any atom is 0.255 e. The molecule has 0 aliphatic carbocycles. The molecule has 49 heavy (non-hydrogen) atoms. The molecule has 0 spiro atoms. The molecule has 0 saturated heterocycles. The predicted octanol–water partition coefficient (Wildman–Crippen LogP) is 8.13. The number of nitrogens with one attached hydrogen (secondary N) is 1. The lowest BCUT2D eigenvalue weighted by atomic mass is 9.96. The highest BCUT2D eigenvalue weighted by atomic mass is 32.2. The summed E-state index contributed by atoms with van der Waals surface area (Å²) >= 11 is 0. The molecule has 0 aliphatic heterocycles. The van der Waals surface area contributed by atoms with E-state index in [1.807, 2.05) is 0 Å². The number of fused-ring (bicyclic) bond motifs is 2. The van der Waals surface area contributed by atoms with Crippen LogP contribution in [0.3, 0.4) is 0 Å². The molecule has 13 heteroatoms. The molecule has 0 bridgehead atoms. The van der Waals surface area contributed by atoms with E-state index in [0.717, 1.165) is 10.6 Å². The third kappa shape index (κ3) is 6.58. The van der Waals surface area contributed by atoms with Gasteiger partial charge >= 0.3 is 0 Å². The summed E-state index contributed by atoms with van der Waals surface area (Å²) in [6.45, 7) is 2.49. The van der Waals surface area contributed by atoms with Crippen LogP contribution in [0.1, 0.15) is 30.6 Å². The number of rotatable bonds is 10. The van der Waals surface area contributed by atoms with Gasteiger partial charge in [0.1, 0.15) is 34.1 Å². The number of carbonyl (C=O) groups is 1. The van der Waals surface area contributed by atoms with E-state index >= 15 is 0 Å². The minimum atomic E-state index is -4.01. The first-order valence-electron chi connectivity index (χ1n) is 15.2. The Hall–Kier alpha value is -5.30. The Labute approximate surface area is 280 Å². The van der Waals surface area contributed by atoms with Gasteiger partial charge in [0.15, 0.2) is 11.4 Å². The van der Waals surface area contributed by atoms with E-state index in [1.165, 1.54) is 70.5 Å². The Kier molecular flexibility index (Phi) is 8.65. The van der Waals surface area contributed by atoms with E-state index in [1.54, 1.807) is 30.3 Å². The first-order valence-corrected chi connectivity index (χ1v) is 17.0. The average molecular weight is 692 g/mol. The highest BCUT2D eigenvalue weighted by Gasteiger charge is 2.29. The van der Waals surface area contributed by atoms with Gasteiger partial charge in [0.25, 0.3) is 5.91 Å². The largest absolute Gasteiger partial charge is 0.496 e. The van der Waals surface area contributed by atoms with Crippen molar-refractivity contribution in [3.05, 3.63) is 90.0 Å². The van der Waals surface area contributed by atoms with Gasteiger partial charge < -0.3 is 18.9 Å². The minimum Gasteiger partial charge on any atom is -0.496 e. The number of oxazole rings is 1. The topological polar surface area (TPSA) is 115 Å². The Morgan fingerprint density at radius 3 is 2.31 bits per heavy atom. The van der Waals surface area contributed by atoms with Gasteiger partial charge in [-0.3, -0.25) is 9.10 Å². The van der Waals surface area contributed by atoms with Crippen LogP contribution in [-0.2, 0) is 10.0 Å². The van der Waals surface area contributed by atoms with Crippen LogP contribution in [0.4, 0.5) is 18.9 Å². The number of amides is 1. The summed E-state index contributed by atoms with van der Waals surface area (Å²) in [4.78, 5) is 17.7. The number of hydrogen-bond donors (Lipinski definition) is 1. The lowest BCUT2D eigenvalue weighted by molar-refractivity contribution is 0.0964. The lowest BCUT2D eigenvalue weighted by Crippen LogP contribution is -2.34. The number of alkyl halides is 1. The fourth-order valence-corrected chi connectivity index (χ4v) is 6.56. The van der Waals surface area contributed by atoms with Gasteiger partial charge in [0.2, 0.25) is 15.9 Å². The number of sulfonamides is 1. The third-order valence-electron chi connectivity index (χ3n) is 8.06. The van der Waals surface area contributed by atoms with Crippen molar-refractivity contribution in [2.45, 2.75) is 25.9 Å². The molecule has 1 amide bonds. The van der Waals surface area contributed by atoms with Gasteiger partial charge in [-0.25, -0.2) is 26.6 Å². The number of furan rings is 1. The van der Waals surface area contributed by atoms with Crippen molar-refractivity contribution in [2.75, 3.05) is 31.3 Å². The quantitative estimate of drug-likeness (QED) is 0.154. The summed E-state index contributed by atoms with van der Waals surface area (Å²) in [5.74, 6) is -1.04. The number of hydrogen-bond acceptors (Lipinski definition) is 7. The second kappa shape index (κ2) is 12.6. The molecule has 6 aromatic rings. The third-order valence-corrected chi connectivity index (χ3v) is 9.24. The van der Waals surface area contributed by atoms with E-state index in [2.05, 4.69) is 10.3 Å². The van der Waals surface area contributed by atoms with E-state index in [4.69, 9.17) is 13.6 Å². The second-order valence-corrected chi connectivity index (χ2v) is 14.0. The van der Waals surface area contributed by atoms with Gasteiger partial charge in [0.05, 0.1) is 30.2 Å². The van der Waals surface area contributed by atoms with Gasteiger partial charge in [-0.15, -0.1) is 0 Å². The molecule has 0 fully saturated rings. The van der Waals surface area contributed by atoms with Crippen LogP contribution >= 0.6 is 0 Å². The number of halogens is 3. The monoisotopic (exact) mass is 691 g/mol. The molecule has 0 aliphatic rings. The fraction of sp³-hybridized carbons (Fsp3) is 0.222. The standard InChI is InChI=1S/C36H32F3N3O6S/c1-36(2,39)15-16-42(49(5,44)45)27-19-30-24(31(34(43)40-3)33(47-30)20-9-12-22(37)13-10-20)18-23(27)21-11-14-28(46-4)25(17-21)35-41-32-26(38)7-6-8-29(32)48-35/h6-14,17-19H,15-16H2,1-5H3,(H,40,43). The summed E-state index contributed by atoms with van der Waals surface area (Å²) in [6.07, 6.45) is 0.878. The number of anilines is 1. The molecule has 4 aromatic carbocycles. The molecular formula is C36H32F3N3O6S. The zero-order valence-corrected chi connectivity index (χ0v) is 28.0. The van der Waals surface area contributed by atoms with Crippen molar-refractivity contribution >= 4 is 43.7 Å².